The number of carbonyl (C=O) groups is 1. The van der Waals surface area contributed by atoms with Crippen LogP contribution < -0.4 is 10.6 Å². The van der Waals surface area contributed by atoms with Crippen molar-refractivity contribution in [3.63, 3.8) is 0 Å². The van der Waals surface area contributed by atoms with E-state index in [4.69, 9.17) is 0 Å². The topological polar surface area (TPSA) is 44.4 Å². The molecule has 0 aromatic rings. The molecule has 2 aliphatic rings. The standard InChI is InChI=1S/C12H23N3O.ClH/c1-10-8-15(7-6-13-10)9-12(16)14-11-4-2-3-5-11;/h10-11,13H,2-9H2,1H3,(H,14,16);1H. The van der Waals surface area contributed by atoms with Crippen LogP contribution in [0.1, 0.15) is 32.6 Å². The summed E-state index contributed by atoms with van der Waals surface area (Å²) in [5, 5.41) is 6.52. The van der Waals surface area contributed by atoms with Gasteiger partial charge >= 0.3 is 0 Å². The molecule has 1 unspecified atom stereocenters. The fourth-order valence-corrected chi connectivity index (χ4v) is 2.70. The lowest BCUT2D eigenvalue weighted by Crippen LogP contribution is -2.52. The van der Waals surface area contributed by atoms with E-state index >= 15 is 0 Å². The van der Waals surface area contributed by atoms with Crippen LogP contribution in [0.2, 0.25) is 0 Å². The van der Waals surface area contributed by atoms with Crippen LogP contribution >= 0.6 is 12.4 Å². The number of piperazine rings is 1. The van der Waals surface area contributed by atoms with Crippen molar-refractivity contribution in [2.24, 2.45) is 0 Å². The summed E-state index contributed by atoms with van der Waals surface area (Å²) < 4.78 is 0. The molecule has 1 atom stereocenters. The van der Waals surface area contributed by atoms with Crippen molar-refractivity contribution < 1.29 is 4.79 Å². The lowest BCUT2D eigenvalue weighted by Gasteiger charge is -2.31. The summed E-state index contributed by atoms with van der Waals surface area (Å²) in [4.78, 5) is 14.0. The van der Waals surface area contributed by atoms with Crippen molar-refractivity contribution in [3.8, 4) is 0 Å². The van der Waals surface area contributed by atoms with Crippen molar-refractivity contribution in [1.82, 2.24) is 15.5 Å². The van der Waals surface area contributed by atoms with Crippen molar-refractivity contribution in [2.75, 3.05) is 26.2 Å². The number of halogens is 1. The second-order valence-corrected chi connectivity index (χ2v) is 5.14. The fraction of sp³-hybridized carbons (Fsp3) is 0.917. The minimum Gasteiger partial charge on any atom is -0.352 e. The van der Waals surface area contributed by atoms with Crippen LogP contribution in [-0.4, -0.2) is 49.1 Å². The molecule has 2 rings (SSSR count). The highest BCUT2D eigenvalue weighted by Gasteiger charge is 2.21. The van der Waals surface area contributed by atoms with Crippen LogP contribution in [0.3, 0.4) is 0 Å². The maximum Gasteiger partial charge on any atom is 0.234 e. The van der Waals surface area contributed by atoms with E-state index in [9.17, 15) is 4.79 Å². The molecule has 0 aromatic heterocycles. The monoisotopic (exact) mass is 261 g/mol. The van der Waals surface area contributed by atoms with Gasteiger partial charge in [-0.15, -0.1) is 12.4 Å². The van der Waals surface area contributed by atoms with E-state index < -0.39 is 0 Å². The van der Waals surface area contributed by atoms with E-state index in [2.05, 4.69) is 22.5 Å². The van der Waals surface area contributed by atoms with Gasteiger partial charge in [0.15, 0.2) is 0 Å². The molecule has 17 heavy (non-hydrogen) atoms. The van der Waals surface area contributed by atoms with E-state index in [1.807, 2.05) is 0 Å². The molecule has 1 aliphatic carbocycles. The second-order valence-electron chi connectivity index (χ2n) is 5.14. The molecule has 0 aromatic carbocycles. The van der Waals surface area contributed by atoms with Gasteiger partial charge in [0, 0.05) is 31.7 Å². The van der Waals surface area contributed by atoms with E-state index in [-0.39, 0.29) is 18.3 Å². The zero-order valence-corrected chi connectivity index (χ0v) is 11.4. The minimum atomic E-state index is 0. The highest BCUT2D eigenvalue weighted by atomic mass is 35.5. The highest BCUT2D eigenvalue weighted by molar-refractivity contribution is 5.85. The molecule has 0 radical (unpaired) electrons. The highest BCUT2D eigenvalue weighted by Crippen LogP contribution is 2.17. The van der Waals surface area contributed by atoms with Crippen LogP contribution in [0.15, 0.2) is 0 Å². The summed E-state index contributed by atoms with van der Waals surface area (Å²) in [6.45, 7) is 5.71. The summed E-state index contributed by atoms with van der Waals surface area (Å²) in [6.07, 6.45) is 4.89. The van der Waals surface area contributed by atoms with E-state index in [0.29, 0.717) is 18.6 Å². The molecule has 1 heterocycles. The summed E-state index contributed by atoms with van der Waals surface area (Å²) in [5.41, 5.74) is 0. The molecular weight excluding hydrogens is 238 g/mol. The smallest absolute Gasteiger partial charge is 0.234 e. The predicted molar refractivity (Wildman–Crippen MR) is 71.6 cm³/mol. The van der Waals surface area contributed by atoms with Gasteiger partial charge in [-0.25, -0.2) is 0 Å². The first kappa shape index (κ1) is 14.7. The Bertz CT molecular complexity index is 244. The van der Waals surface area contributed by atoms with Crippen molar-refractivity contribution in [3.05, 3.63) is 0 Å². The Kier molecular flexibility index (Phi) is 6.23. The zero-order valence-electron chi connectivity index (χ0n) is 10.6. The average molecular weight is 262 g/mol. The largest absolute Gasteiger partial charge is 0.352 e. The molecule has 5 heteroatoms. The molecule has 1 saturated heterocycles. The van der Waals surface area contributed by atoms with Gasteiger partial charge in [0.25, 0.3) is 0 Å². The number of amides is 1. The fourth-order valence-electron chi connectivity index (χ4n) is 2.70. The van der Waals surface area contributed by atoms with Crippen molar-refractivity contribution in [2.45, 2.75) is 44.7 Å². The molecule has 1 amide bonds. The molecule has 1 saturated carbocycles. The SMILES string of the molecule is CC1CN(CC(=O)NC2CCCC2)CCN1.Cl. The molecular formula is C12H24ClN3O. The summed E-state index contributed by atoms with van der Waals surface area (Å²) in [5.74, 6) is 0.209. The van der Waals surface area contributed by atoms with E-state index in [0.717, 1.165) is 19.6 Å². The third-order valence-electron chi connectivity index (χ3n) is 3.54. The number of nitrogens with zero attached hydrogens (tertiary/aromatic N) is 1. The van der Waals surface area contributed by atoms with Crippen molar-refractivity contribution >= 4 is 18.3 Å². The predicted octanol–water partition coefficient (Wildman–Crippen LogP) is 0.761. The number of hydrogen-bond acceptors (Lipinski definition) is 3. The lowest BCUT2D eigenvalue weighted by atomic mass is 10.2. The lowest BCUT2D eigenvalue weighted by molar-refractivity contribution is -0.123. The Hall–Kier alpha value is -0.320. The summed E-state index contributed by atoms with van der Waals surface area (Å²) >= 11 is 0. The molecule has 100 valence electrons. The van der Waals surface area contributed by atoms with Gasteiger partial charge < -0.3 is 10.6 Å². The Balaban J connectivity index is 0.00000144. The Labute approximate surface area is 110 Å². The first-order valence-corrected chi connectivity index (χ1v) is 6.49. The average Bonchev–Trinajstić information content (AvgIpc) is 2.70. The third-order valence-corrected chi connectivity index (χ3v) is 3.54. The Morgan fingerprint density at radius 3 is 2.76 bits per heavy atom. The second kappa shape index (κ2) is 7.19. The Morgan fingerprint density at radius 1 is 1.41 bits per heavy atom. The van der Waals surface area contributed by atoms with Crippen LogP contribution in [0.25, 0.3) is 0 Å². The first-order chi connectivity index (χ1) is 7.74. The summed E-state index contributed by atoms with van der Waals surface area (Å²) in [6, 6.07) is 0.959. The van der Waals surface area contributed by atoms with Crippen LogP contribution in [0.4, 0.5) is 0 Å². The molecule has 0 spiro atoms. The summed E-state index contributed by atoms with van der Waals surface area (Å²) in [7, 11) is 0. The van der Waals surface area contributed by atoms with Gasteiger partial charge in [0.05, 0.1) is 6.54 Å². The van der Waals surface area contributed by atoms with Crippen LogP contribution in [-0.2, 0) is 4.79 Å². The van der Waals surface area contributed by atoms with Gasteiger partial charge in [-0.2, -0.15) is 0 Å². The van der Waals surface area contributed by atoms with Gasteiger partial charge in [-0.3, -0.25) is 9.69 Å². The normalized spacial score (nSPS) is 26.5. The number of hydrogen-bond donors (Lipinski definition) is 2. The Morgan fingerprint density at radius 2 is 2.12 bits per heavy atom. The van der Waals surface area contributed by atoms with Gasteiger partial charge in [0.1, 0.15) is 0 Å². The number of nitrogens with one attached hydrogen (secondary N) is 2. The molecule has 4 nitrogen and oxygen atoms in total. The van der Waals surface area contributed by atoms with Gasteiger partial charge in [-0.1, -0.05) is 12.8 Å². The van der Waals surface area contributed by atoms with E-state index in [1.165, 1.54) is 25.7 Å². The molecule has 2 N–H and O–H groups in total. The number of carbonyl (C=O) groups excluding carboxylic acids is 1. The zero-order chi connectivity index (χ0) is 11.4. The van der Waals surface area contributed by atoms with Crippen molar-refractivity contribution in [1.29, 1.82) is 0 Å². The van der Waals surface area contributed by atoms with Crippen LogP contribution in [0, 0.1) is 0 Å². The quantitative estimate of drug-likeness (QED) is 0.789. The maximum absolute atomic E-state index is 11.8. The van der Waals surface area contributed by atoms with Gasteiger partial charge in [0.2, 0.25) is 5.91 Å². The molecule has 0 bridgehead atoms. The molecule has 1 aliphatic heterocycles. The van der Waals surface area contributed by atoms with Gasteiger partial charge in [-0.05, 0) is 19.8 Å². The third kappa shape index (κ3) is 4.82. The van der Waals surface area contributed by atoms with E-state index in [1.54, 1.807) is 0 Å². The van der Waals surface area contributed by atoms with Crippen LogP contribution in [0.5, 0.6) is 0 Å². The minimum absolute atomic E-state index is 0. The molecule has 2 fully saturated rings. The number of rotatable bonds is 3. The maximum atomic E-state index is 11.8. The first-order valence-electron chi connectivity index (χ1n) is 6.49.